The molecule has 5 heterocycles. The minimum Gasteiger partial charge on any atom is -0.493 e. The summed E-state index contributed by atoms with van der Waals surface area (Å²) in [6.45, 7) is 12.7. The summed E-state index contributed by atoms with van der Waals surface area (Å²) in [5.74, 6) is 2.46. The van der Waals surface area contributed by atoms with Crippen LogP contribution in [0, 0.1) is 5.92 Å². The first-order valence-electron chi connectivity index (χ1n) is 13.3. The van der Waals surface area contributed by atoms with Crippen molar-refractivity contribution in [2.24, 2.45) is 5.92 Å². The van der Waals surface area contributed by atoms with E-state index in [-0.39, 0.29) is 0 Å². The summed E-state index contributed by atoms with van der Waals surface area (Å²) >= 11 is 1.82. The van der Waals surface area contributed by atoms with Crippen molar-refractivity contribution in [2.75, 3.05) is 26.7 Å². The van der Waals surface area contributed by atoms with Crippen LogP contribution >= 0.6 is 11.3 Å². The maximum absolute atomic E-state index is 5.62. The zero-order chi connectivity index (χ0) is 25.2. The van der Waals surface area contributed by atoms with Gasteiger partial charge in [0.15, 0.2) is 11.4 Å². The van der Waals surface area contributed by atoms with Crippen LogP contribution in [0.15, 0.2) is 30.9 Å². The highest BCUT2D eigenvalue weighted by Gasteiger charge is 2.26. The van der Waals surface area contributed by atoms with Crippen molar-refractivity contribution in [3.05, 3.63) is 41.3 Å². The summed E-state index contributed by atoms with van der Waals surface area (Å²) in [5.41, 5.74) is 5.01. The van der Waals surface area contributed by atoms with E-state index in [2.05, 4.69) is 55.1 Å². The summed E-state index contributed by atoms with van der Waals surface area (Å²) in [4.78, 5) is 13.3. The van der Waals surface area contributed by atoms with Gasteiger partial charge in [-0.3, -0.25) is 5.10 Å². The number of imidazole rings is 1. The smallest absolute Gasteiger partial charge is 0.179 e. The molecule has 36 heavy (non-hydrogen) atoms. The lowest BCUT2D eigenvalue weighted by atomic mass is 9.94. The average Bonchev–Trinajstić information content (AvgIpc) is 3.65. The van der Waals surface area contributed by atoms with Crippen LogP contribution in [0.1, 0.15) is 75.7 Å². The molecule has 0 aliphatic carbocycles. The van der Waals surface area contributed by atoms with Crippen molar-refractivity contribution >= 4 is 17.0 Å². The van der Waals surface area contributed by atoms with Gasteiger partial charge in [-0.2, -0.15) is 5.10 Å². The second kappa shape index (κ2) is 10.7. The largest absolute Gasteiger partial charge is 0.493 e. The normalized spacial score (nSPS) is 15.5. The minimum absolute atomic E-state index is 0.291. The molecule has 1 N–H and O–H groups in total. The number of H-pyrrole nitrogens is 1. The van der Waals surface area contributed by atoms with Gasteiger partial charge in [-0.25, -0.2) is 9.97 Å². The Morgan fingerprint density at radius 2 is 1.94 bits per heavy atom. The molecule has 1 fully saturated rings. The summed E-state index contributed by atoms with van der Waals surface area (Å²) in [7, 11) is 1.68. The third-order valence-corrected chi connectivity index (χ3v) is 8.90. The number of nitrogens with one attached hydrogen (secondary N) is 1. The van der Waals surface area contributed by atoms with Gasteiger partial charge in [0.1, 0.15) is 10.7 Å². The first-order valence-corrected chi connectivity index (χ1v) is 14.1. The SMILES string of the molecule is CCC(CC)CN1CCC(c2cnc(-c3n[nH]c(-c4cc(OC)c5nccn5c4)c3C(C)C)s2)CC1. The van der Waals surface area contributed by atoms with E-state index in [1.54, 1.807) is 13.3 Å². The van der Waals surface area contributed by atoms with Crippen molar-refractivity contribution in [1.29, 1.82) is 0 Å². The lowest BCUT2D eigenvalue weighted by molar-refractivity contribution is 0.179. The molecule has 0 aromatic carbocycles. The Morgan fingerprint density at radius 3 is 2.64 bits per heavy atom. The lowest BCUT2D eigenvalue weighted by Crippen LogP contribution is -2.36. The van der Waals surface area contributed by atoms with Crippen molar-refractivity contribution in [3.8, 4) is 27.7 Å². The number of aromatic nitrogens is 5. The molecule has 7 nitrogen and oxygen atoms in total. The van der Waals surface area contributed by atoms with Crippen molar-refractivity contribution in [1.82, 2.24) is 29.5 Å². The van der Waals surface area contributed by atoms with Crippen molar-refractivity contribution in [2.45, 2.75) is 65.2 Å². The van der Waals surface area contributed by atoms with Crippen molar-refractivity contribution < 1.29 is 4.74 Å². The average molecular weight is 507 g/mol. The molecule has 1 aliphatic rings. The molecule has 0 bridgehead atoms. The lowest BCUT2D eigenvalue weighted by Gasteiger charge is -2.33. The Hall–Kier alpha value is -2.71. The highest BCUT2D eigenvalue weighted by molar-refractivity contribution is 7.15. The molecule has 0 atom stereocenters. The summed E-state index contributed by atoms with van der Waals surface area (Å²) < 4.78 is 7.62. The summed E-state index contributed by atoms with van der Waals surface area (Å²) in [5, 5.41) is 9.11. The van der Waals surface area contributed by atoms with Crippen LogP contribution in [-0.2, 0) is 0 Å². The standard InChI is InChI=1S/C28H38N6OS/c1-6-19(7-2)16-33-11-8-20(9-12-33)23-15-30-28(36-23)26-24(18(3)4)25(31-32-26)21-14-22(35-5)27-29-10-13-34(27)17-21/h10,13-15,17-20H,6-9,11-12,16H2,1-5H3,(H,31,32). The molecule has 4 aromatic rings. The van der Waals surface area contributed by atoms with Gasteiger partial charge < -0.3 is 14.0 Å². The number of hydrogen-bond acceptors (Lipinski definition) is 6. The monoisotopic (exact) mass is 506 g/mol. The van der Waals surface area contributed by atoms with Crippen LogP contribution in [0.3, 0.4) is 0 Å². The van der Waals surface area contributed by atoms with Crippen LogP contribution in [0.25, 0.3) is 27.6 Å². The molecule has 4 aromatic heterocycles. The van der Waals surface area contributed by atoms with Crippen LogP contribution in [0.4, 0.5) is 0 Å². The molecule has 0 spiro atoms. The molecule has 192 valence electrons. The second-order valence-electron chi connectivity index (χ2n) is 10.3. The van der Waals surface area contributed by atoms with Crippen LogP contribution in [0.2, 0.25) is 0 Å². The number of fused-ring (bicyclic) bond motifs is 1. The first kappa shape index (κ1) is 25.0. The number of thiazole rings is 1. The number of pyridine rings is 1. The molecular weight excluding hydrogens is 468 g/mol. The number of methoxy groups -OCH3 is 1. The molecule has 8 heteroatoms. The number of piperidine rings is 1. The zero-order valence-electron chi connectivity index (χ0n) is 22.1. The Bertz CT molecular complexity index is 1290. The third-order valence-electron chi connectivity index (χ3n) is 7.73. The fourth-order valence-corrected chi connectivity index (χ4v) is 6.57. The topological polar surface area (TPSA) is 71.3 Å². The van der Waals surface area contributed by atoms with Gasteiger partial charge in [0.05, 0.1) is 12.8 Å². The van der Waals surface area contributed by atoms with E-state index < -0.39 is 0 Å². The Morgan fingerprint density at radius 1 is 1.17 bits per heavy atom. The predicted molar refractivity (Wildman–Crippen MR) is 147 cm³/mol. The van der Waals surface area contributed by atoms with Crippen LogP contribution in [-0.4, -0.2) is 56.2 Å². The Labute approximate surface area is 217 Å². The Balaban J connectivity index is 1.38. The fourth-order valence-electron chi connectivity index (χ4n) is 5.48. The minimum atomic E-state index is 0.291. The zero-order valence-corrected chi connectivity index (χ0v) is 22.9. The van der Waals surface area contributed by atoms with E-state index in [1.165, 1.54) is 55.8 Å². The molecule has 0 amide bonds. The predicted octanol–water partition coefficient (Wildman–Crippen LogP) is 6.60. The van der Waals surface area contributed by atoms with E-state index in [4.69, 9.17) is 14.8 Å². The molecule has 0 saturated carbocycles. The second-order valence-corrected chi connectivity index (χ2v) is 11.4. The highest BCUT2D eigenvalue weighted by Crippen LogP contribution is 2.40. The molecule has 1 aliphatic heterocycles. The molecule has 0 unspecified atom stereocenters. The summed E-state index contributed by atoms with van der Waals surface area (Å²) in [6, 6.07) is 2.04. The van der Waals surface area contributed by atoms with Gasteiger partial charge in [0.25, 0.3) is 0 Å². The van der Waals surface area contributed by atoms with E-state index in [0.717, 1.165) is 39.3 Å². The summed E-state index contributed by atoms with van der Waals surface area (Å²) in [6.07, 6.45) is 12.9. The fraction of sp³-hybridized carbons (Fsp3) is 0.536. The van der Waals surface area contributed by atoms with E-state index >= 15 is 0 Å². The van der Waals surface area contributed by atoms with Gasteiger partial charge in [-0.15, -0.1) is 11.3 Å². The number of ether oxygens (including phenoxy) is 1. The third kappa shape index (κ3) is 4.81. The number of aromatic amines is 1. The highest BCUT2D eigenvalue weighted by atomic mass is 32.1. The molecular formula is C28H38N6OS. The van der Waals surface area contributed by atoms with Crippen LogP contribution in [0.5, 0.6) is 5.75 Å². The quantitative estimate of drug-likeness (QED) is 0.277. The molecule has 0 radical (unpaired) electrons. The first-order chi connectivity index (χ1) is 17.5. The van der Waals surface area contributed by atoms with Gasteiger partial charge in [-0.1, -0.05) is 40.5 Å². The molecule has 5 rings (SSSR count). The maximum Gasteiger partial charge on any atom is 0.179 e. The van der Waals surface area contributed by atoms with E-state index in [9.17, 15) is 0 Å². The van der Waals surface area contributed by atoms with E-state index in [0.29, 0.717) is 11.8 Å². The number of nitrogens with zero attached hydrogens (tertiary/aromatic N) is 5. The maximum atomic E-state index is 5.62. The van der Waals surface area contributed by atoms with Gasteiger partial charge in [0, 0.05) is 47.3 Å². The van der Waals surface area contributed by atoms with E-state index in [1.807, 2.05) is 28.0 Å². The number of hydrogen-bond donors (Lipinski definition) is 1. The van der Waals surface area contributed by atoms with Crippen LogP contribution < -0.4 is 4.74 Å². The van der Waals surface area contributed by atoms with Gasteiger partial charge in [0.2, 0.25) is 0 Å². The van der Waals surface area contributed by atoms with Crippen molar-refractivity contribution in [3.63, 3.8) is 0 Å². The number of likely N-dealkylation sites (tertiary alicyclic amines) is 1. The number of rotatable bonds is 9. The molecule has 1 saturated heterocycles. The Kier molecular flexibility index (Phi) is 7.44. The van der Waals surface area contributed by atoms with Gasteiger partial charge >= 0.3 is 0 Å². The van der Waals surface area contributed by atoms with Gasteiger partial charge in [-0.05, 0) is 49.8 Å².